The average molecular weight is 207 g/mol. The van der Waals surface area contributed by atoms with Crippen LogP contribution < -0.4 is 0 Å². The SMILES string of the molecule is O=C(C1C=CC=CC1O)N1CCCCC1. The molecule has 1 heterocycles. The molecule has 2 rings (SSSR count). The fourth-order valence-electron chi connectivity index (χ4n) is 2.15. The number of rotatable bonds is 1. The van der Waals surface area contributed by atoms with E-state index < -0.39 is 6.10 Å². The molecule has 2 unspecified atom stereocenters. The molecule has 0 aromatic heterocycles. The first kappa shape index (κ1) is 10.4. The molecule has 1 saturated heterocycles. The number of hydrogen-bond acceptors (Lipinski definition) is 2. The Morgan fingerprint density at radius 1 is 1.13 bits per heavy atom. The van der Waals surface area contributed by atoms with Gasteiger partial charge in [-0.05, 0) is 19.3 Å². The van der Waals surface area contributed by atoms with Crippen LogP contribution in [0.5, 0.6) is 0 Å². The minimum atomic E-state index is -0.649. The van der Waals surface area contributed by atoms with E-state index in [1.807, 2.05) is 11.0 Å². The Morgan fingerprint density at radius 2 is 1.80 bits per heavy atom. The summed E-state index contributed by atoms with van der Waals surface area (Å²) in [4.78, 5) is 13.9. The fourth-order valence-corrected chi connectivity index (χ4v) is 2.15. The van der Waals surface area contributed by atoms with Crippen LogP contribution in [0.1, 0.15) is 19.3 Å². The molecule has 15 heavy (non-hydrogen) atoms. The molecule has 1 N–H and O–H groups in total. The van der Waals surface area contributed by atoms with E-state index in [0.717, 1.165) is 25.9 Å². The molecule has 0 saturated carbocycles. The van der Waals surface area contributed by atoms with E-state index in [9.17, 15) is 9.90 Å². The zero-order chi connectivity index (χ0) is 10.7. The third kappa shape index (κ3) is 2.29. The van der Waals surface area contributed by atoms with Gasteiger partial charge in [-0.3, -0.25) is 4.79 Å². The highest BCUT2D eigenvalue weighted by Crippen LogP contribution is 2.18. The number of amides is 1. The third-order valence-corrected chi connectivity index (χ3v) is 3.06. The van der Waals surface area contributed by atoms with Crippen LogP contribution in [0, 0.1) is 5.92 Å². The maximum absolute atomic E-state index is 12.0. The van der Waals surface area contributed by atoms with Crippen molar-refractivity contribution in [1.29, 1.82) is 0 Å². The van der Waals surface area contributed by atoms with Gasteiger partial charge in [-0.25, -0.2) is 0 Å². The minimum Gasteiger partial charge on any atom is -0.388 e. The number of hydrogen-bond donors (Lipinski definition) is 1. The number of allylic oxidation sites excluding steroid dienone is 2. The second kappa shape index (κ2) is 4.62. The molecule has 3 heteroatoms. The van der Waals surface area contributed by atoms with Gasteiger partial charge in [0.2, 0.25) is 5.91 Å². The molecule has 1 aliphatic carbocycles. The van der Waals surface area contributed by atoms with Crippen LogP contribution in [0.4, 0.5) is 0 Å². The summed E-state index contributed by atoms with van der Waals surface area (Å²) < 4.78 is 0. The second-order valence-corrected chi connectivity index (χ2v) is 4.17. The highest BCUT2D eigenvalue weighted by atomic mass is 16.3. The monoisotopic (exact) mass is 207 g/mol. The Kier molecular flexibility index (Phi) is 3.21. The van der Waals surface area contributed by atoms with E-state index >= 15 is 0 Å². The predicted octanol–water partition coefficient (Wildman–Crippen LogP) is 1.10. The van der Waals surface area contributed by atoms with E-state index in [0.29, 0.717) is 0 Å². The Morgan fingerprint density at radius 3 is 2.47 bits per heavy atom. The molecular weight excluding hydrogens is 190 g/mol. The smallest absolute Gasteiger partial charge is 0.232 e. The molecule has 0 aromatic rings. The number of aliphatic hydroxyl groups is 1. The fraction of sp³-hybridized carbons (Fsp3) is 0.583. The Hall–Kier alpha value is -1.09. The lowest BCUT2D eigenvalue weighted by Gasteiger charge is -2.31. The Labute approximate surface area is 90.1 Å². The van der Waals surface area contributed by atoms with E-state index in [-0.39, 0.29) is 11.8 Å². The van der Waals surface area contributed by atoms with Gasteiger partial charge >= 0.3 is 0 Å². The molecule has 1 amide bonds. The van der Waals surface area contributed by atoms with Crippen molar-refractivity contribution in [2.45, 2.75) is 25.4 Å². The number of carbonyl (C=O) groups excluding carboxylic acids is 1. The van der Waals surface area contributed by atoms with Gasteiger partial charge in [0.15, 0.2) is 0 Å². The van der Waals surface area contributed by atoms with Gasteiger partial charge in [-0.1, -0.05) is 24.3 Å². The van der Waals surface area contributed by atoms with Crippen molar-refractivity contribution in [3.05, 3.63) is 24.3 Å². The van der Waals surface area contributed by atoms with Gasteiger partial charge in [0.05, 0.1) is 12.0 Å². The summed E-state index contributed by atoms with van der Waals surface area (Å²) in [5.41, 5.74) is 0. The van der Waals surface area contributed by atoms with Crippen LogP contribution in [-0.4, -0.2) is 35.1 Å². The van der Waals surface area contributed by atoms with Crippen molar-refractivity contribution in [2.75, 3.05) is 13.1 Å². The van der Waals surface area contributed by atoms with Crippen molar-refractivity contribution in [3.63, 3.8) is 0 Å². The van der Waals surface area contributed by atoms with Crippen LogP contribution in [0.3, 0.4) is 0 Å². The normalized spacial score (nSPS) is 30.6. The zero-order valence-corrected chi connectivity index (χ0v) is 8.80. The van der Waals surface area contributed by atoms with Gasteiger partial charge in [0.25, 0.3) is 0 Å². The Bertz CT molecular complexity index is 290. The summed E-state index contributed by atoms with van der Waals surface area (Å²) in [6.07, 6.45) is 9.83. The average Bonchev–Trinajstić information content (AvgIpc) is 2.30. The number of carbonyl (C=O) groups is 1. The maximum atomic E-state index is 12.0. The van der Waals surface area contributed by atoms with Crippen molar-refractivity contribution in [3.8, 4) is 0 Å². The van der Waals surface area contributed by atoms with E-state index in [1.54, 1.807) is 18.2 Å². The van der Waals surface area contributed by atoms with Crippen molar-refractivity contribution < 1.29 is 9.90 Å². The summed E-state index contributed by atoms with van der Waals surface area (Å²) in [6.45, 7) is 1.69. The molecular formula is C12H17NO2. The number of piperidine rings is 1. The third-order valence-electron chi connectivity index (χ3n) is 3.06. The molecule has 0 aromatic carbocycles. The van der Waals surface area contributed by atoms with Gasteiger partial charge in [-0.2, -0.15) is 0 Å². The van der Waals surface area contributed by atoms with Crippen LogP contribution in [0.25, 0.3) is 0 Å². The number of aliphatic hydroxyl groups excluding tert-OH is 1. The summed E-state index contributed by atoms with van der Waals surface area (Å²) >= 11 is 0. The Balaban J connectivity index is 2.00. The van der Waals surface area contributed by atoms with Crippen LogP contribution >= 0.6 is 0 Å². The quantitative estimate of drug-likeness (QED) is 0.699. The van der Waals surface area contributed by atoms with Crippen molar-refractivity contribution >= 4 is 5.91 Å². The van der Waals surface area contributed by atoms with E-state index in [2.05, 4.69) is 0 Å². The lowest BCUT2D eigenvalue weighted by atomic mass is 9.95. The second-order valence-electron chi connectivity index (χ2n) is 4.17. The van der Waals surface area contributed by atoms with Gasteiger partial charge < -0.3 is 10.0 Å². The first-order chi connectivity index (χ1) is 7.29. The molecule has 2 aliphatic rings. The van der Waals surface area contributed by atoms with Crippen LogP contribution in [0.2, 0.25) is 0 Å². The predicted molar refractivity (Wildman–Crippen MR) is 58.2 cm³/mol. The van der Waals surface area contributed by atoms with E-state index in [4.69, 9.17) is 0 Å². The topological polar surface area (TPSA) is 40.5 Å². The molecule has 2 atom stereocenters. The maximum Gasteiger partial charge on any atom is 0.232 e. The van der Waals surface area contributed by atoms with Gasteiger partial charge in [-0.15, -0.1) is 0 Å². The molecule has 0 spiro atoms. The highest BCUT2D eigenvalue weighted by Gasteiger charge is 2.28. The van der Waals surface area contributed by atoms with Crippen molar-refractivity contribution in [1.82, 2.24) is 4.90 Å². The molecule has 0 bridgehead atoms. The van der Waals surface area contributed by atoms with Crippen molar-refractivity contribution in [2.24, 2.45) is 5.92 Å². The first-order valence-electron chi connectivity index (χ1n) is 5.61. The molecule has 1 aliphatic heterocycles. The van der Waals surface area contributed by atoms with Gasteiger partial charge in [0.1, 0.15) is 0 Å². The molecule has 0 radical (unpaired) electrons. The van der Waals surface area contributed by atoms with Crippen LogP contribution in [-0.2, 0) is 4.79 Å². The largest absolute Gasteiger partial charge is 0.388 e. The summed E-state index contributed by atoms with van der Waals surface area (Å²) in [5, 5.41) is 9.68. The molecule has 3 nitrogen and oxygen atoms in total. The molecule has 1 fully saturated rings. The first-order valence-corrected chi connectivity index (χ1v) is 5.61. The summed E-state index contributed by atoms with van der Waals surface area (Å²) in [6, 6.07) is 0. The number of likely N-dealkylation sites (tertiary alicyclic amines) is 1. The highest BCUT2D eigenvalue weighted by molar-refractivity contribution is 5.82. The molecule has 82 valence electrons. The zero-order valence-electron chi connectivity index (χ0n) is 8.80. The van der Waals surface area contributed by atoms with E-state index in [1.165, 1.54) is 6.42 Å². The summed E-state index contributed by atoms with van der Waals surface area (Å²) in [5.74, 6) is -0.295. The van der Waals surface area contributed by atoms with Crippen LogP contribution in [0.15, 0.2) is 24.3 Å². The lowest BCUT2D eigenvalue weighted by molar-refractivity contribution is -0.137. The minimum absolute atomic E-state index is 0.0720. The van der Waals surface area contributed by atoms with Gasteiger partial charge in [0, 0.05) is 13.1 Å². The number of nitrogens with zero attached hydrogens (tertiary/aromatic N) is 1. The summed E-state index contributed by atoms with van der Waals surface area (Å²) in [7, 11) is 0. The lowest BCUT2D eigenvalue weighted by Crippen LogP contribution is -2.42. The standard InChI is InChI=1S/C12H17NO2/c14-11-7-3-2-6-10(11)12(15)13-8-4-1-5-9-13/h2-3,6-7,10-11,14H,1,4-5,8-9H2.